The van der Waals surface area contributed by atoms with Gasteiger partial charge in [0.15, 0.2) is 0 Å². The van der Waals surface area contributed by atoms with Crippen LogP contribution in [0.3, 0.4) is 0 Å². The first kappa shape index (κ1) is 11.3. The average molecular weight is 223 g/mol. The van der Waals surface area contributed by atoms with Crippen molar-refractivity contribution in [1.82, 2.24) is 10.3 Å². The van der Waals surface area contributed by atoms with E-state index in [1.54, 1.807) is 12.4 Å². The lowest BCUT2D eigenvalue weighted by atomic mass is 10.0. The zero-order valence-electron chi connectivity index (χ0n) is 9.64. The molecule has 3 nitrogen and oxygen atoms in total. The van der Waals surface area contributed by atoms with E-state index in [0.717, 1.165) is 17.7 Å². The maximum atomic E-state index is 8.82. The van der Waals surface area contributed by atoms with Gasteiger partial charge >= 0.3 is 0 Å². The highest BCUT2D eigenvalue weighted by Crippen LogP contribution is 2.19. The first-order chi connectivity index (χ1) is 8.33. The fourth-order valence-electron chi connectivity index (χ4n) is 1.68. The van der Waals surface area contributed by atoms with E-state index < -0.39 is 0 Å². The van der Waals surface area contributed by atoms with Gasteiger partial charge in [-0.2, -0.15) is 5.26 Å². The van der Waals surface area contributed by atoms with Crippen LogP contribution in [0.25, 0.3) is 11.1 Å². The summed E-state index contributed by atoms with van der Waals surface area (Å²) < 4.78 is 0. The molecule has 0 unspecified atom stereocenters. The van der Waals surface area contributed by atoms with Gasteiger partial charge in [0, 0.05) is 24.5 Å². The number of nitrogens with zero attached hydrogens (tertiary/aromatic N) is 2. The van der Waals surface area contributed by atoms with Gasteiger partial charge in [0.1, 0.15) is 6.07 Å². The second kappa shape index (κ2) is 5.24. The summed E-state index contributed by atoms with van der Waals surface area (Å²) in [6, 6.07) is 12.2. The Bertz CT molecular complexity index is 538. The van der Waals surface area contributed by atoms with E-state index in [0.29, 0.717) is 5.56 Å². The predicted octanol–water partition coefficient (Wildman–Crippen LogP) is 2.34. The summed E-state index contributed by atoms with van der Waals surface area (Å²) in [5.41, 5.74) is 3.87. The summed E-state index contributed by atoms with van der Waals surface area (Å²) >= 11 is 0. The van der Waals surface area contributed by atoms with Gasteiger partial charge in [0.2, 0.25) is 0 Å². The van der Waals surface area contributed by atoms with Crippen molar-refractivity contribution in [3.63, 3.8) is 0 Å². The highest BCUT2D eigenvalue weighted by atomic mass is 14.8. The largest absolute Gasteiger partial charge is 0.316 e. The van der Waals surface area contributed by atoms with Gasteiger partial charge in [-0.1, -0.05) is 24.3 Å². The Morgan fingerprint density at radius 3 is 2.59 bits per heavy atom. The molecule has 1 N–H and O–H groups in total. The first-order valence-electron chi connectivity index (χ1n) is 5.42. The lowest BCUT2D eigenvalue weighted by molar-refractivity contribution is 0.818. The van der Waals surface area contributed by atoms with Crippen molar-refractivity contribution in [2.75, 3.05) is 7.05 Å². The summed E-state index contributed by atoms with van der Waals surface area (Å²) in [6.07, 6.45) is 3.34. The van der Waals surface area contributed by atoms with Crippen molar-refractivity contribution in [2.24, 2.45) is 0 Å². The topological polar surface area (TPSA) is 48.7 Å². The minimum Gasteiger partial charge on any atom is -0.316 e. The minimum atomic E-state index is 0.585. The van der Waals surface area contributed by atoms with Gasteiger partial charge in [-0.15, -0.1) is 0 Å². The van der Waals surface area contributed by atoms with Crippen molar-refractivity contribution in [1.29, 1.82) is 5.26 Å². The Kier molecular flexibility index (Phi) is 3.49. The van der Waals surface area contributed by atoms with Crippen molar-refractivity contribution in [3.8, 4) is 17.2 Å². The van der Waals surface area contributed by atoms with Crippen LogP contribution in [0.4, 0.5) is 0 Å². The zero-order valence-corrected chi connectivity index (χ0v) is 9.64. The molecule has 0 saturated heterocycles. The van der Waals surface area contributed by atoms with Crippen molar-refractivity contribution < 1.29 is 0 Å². The summed E-state index contributed by atoms with van der Waals surface area (Å²) in [4.78, 5) is 4.06. The molecule has 0 aliphatic rings. The standard InChI is InChI=1S/C14H13N3/c1-16-8-11-2-4-13(5-3-11)14-6-12(7-15)9-17-10-14/h2-6,9-10,16H,8H2,1H3. The van der Waals surface area contributed by atoms with Crippen LogP contribution in [0, 0.1) is 11.3 Å². The van der Waals surface area contributed by atoms with Crippen LogP contribution in [-0.4, -0.2) is 12.0 Å². The van der Waals surface area contributed by atoms with E-state index >= 15 is 0 Å². The fourth-order valence-corrected chi connectivity index (χ4v) is 1.68. The van der Waals surface area contributed by atoms with Crippen LogP contribution in [0.15, 0.2) is 42.7 Å². The molecule has 0 spiro atoms. The quantitative estimate of drug-likeness (QED) is 0.868. The van der Waals surface area contributed by atoms with Gasteiger partial charge in [-0.3, -0.25) is 4.98 Å². The number of aromatic nitrogens is 1. The molecule has 0 atom stereocenters. The summed E-state index contributed by atoms with van der Waals surface area (Å²) in [5, 5.41) is 11.9. The Balaban J connectivity index is 2.30. The lowest BCUT2D eigenvalue weighted by Gasteiger charge is -2.04. The molecule has 2 rings (SSSR count). The van der Waals surface area contributed by atoms with Crippen molar-refractivity contribution in [2.45, 2.75) is 6.54 Å². The summed E-state index contributed by atoms with van der Waals surface area (Å²) in [7, 11) is 1.92. The number of nitrogens with one attached hydrogen (secondary N) is 1. The number of rotatable bonds is 3. The van der Waals surface area contributed by atoms with E-state index in [1.807, 2.05) is 25.2 Å². The van der Waals surface area contributed by atoms with Crippen molar-refractivity contribution in [3.05, 3.63) is 53.9 Å². The highest BCUT2D eigenvalue weighted by Gasteiger charge is 2.00. The number of hydrogen-bond acceptors (Lipinski definition) is 3. The third-order valence-corrected chi connectivity index (χ3v) is 2.54. The Morgan fingerprint density at radius 1 is 1.18 bits per heavy atom. The molecule has 0 bridgehead atoms. The highest BCUT2D eigenvalue weighted by molar-refractivity contribution is 5.64. The van der Waals surface area contributed by atoms with Crippen molar-refractivity contribution >= 4 is 0 Å². The molecule has 0 radical (unpaired) electrons. The second-order valence-corrected chi connectivity index (χ2v) is 3.80. The summed E-state index contributed by atoms with van der Waals surface area (Å²) in [6.45, 7) is 0.858. The Labute approximate surface area is 101 Å². The molecule has 0 aliphatic heterocycles. The van der Waals surface area contributed by atoms with E-state index in [2.05, 4.69) is 28.5 Å². The molecule has 0 saturated carbocycles. The average Bonchev–Trinajstić information content (AvgIpc) is 2.40. The molecular weight excluding hydrogens is 210 g/mol. The minimum absolute atomic E-state index is 0.585. The lowest BCUT2D eigenvalue weighted by Crippen LogP contribution is -2.04. The fraction of sp³-hybridized carbons (Fsp3) is 0.143. The maximum Gasteiger partial charge on any atom is 0.101 e. The molecule has 3 heteroatoms. The van der Waals surface area contributed by atoms with Gasteiger partial charge in [-0.05, 0) is 24.2 Å². The third kappa shape index (κ3) is 2.68. The molecular formula is C14H13N3. The summed E-state index contributed by atoms with van der Waals surface area (Å²) in [5.74, 6) is 0. The zero-order chi connectivity index (χ0) is 12.1. The van der Waals surface area contributed by atoms with Gasteiger partial charge in [0.25, 0.3) is 0 Å². The van der Waals surface area contributed by atoms with Gasteiger partial charge < -0.3 is 5.32 Å². The molecule has 1 aromatic carbocycles. The first-order valence-corrected chi connectivity index (χ1v) is 5.42. The molecule has 2 aromatic rings. The smallest absolute Gasteiger partial charge is 0.101 e. The van der Waals surface area contributed by atoms with Crippen LogP contribution in [0.1, 0.15) is 11.1 Å². The Morgan fingerprint density at radius 2 is 1.94 bits per heavy atom. The van der Waals surface area contributed by atoms with Crippen LogP contribution >= 0.6 is 0 Å². The molecule has 0 aliphatic carbocycles. The number of pyridine rings is 1. The number of hydrogen-bond donors (Lipinski definition) is 1. The molecule has 0 amide bonds. The van der Waals surface area contributed by atoms with Crippen LogP contribution in [0.5, 0.6) is 0 Å². The molecule has 1 aromatic heterocycles. The second-order valence-electron chi connectivity index (χ2n) is 3.80. The predicted molar refractivity (Wildman–Crippen MR) is 67.2 cm³/mol. The Hall–Kier alpha value is -2.18. The SMILES string of the molecule is CNCc1ccc(-c2cncc(C#N)c2)cc1. The van der Waals surface area contributed by atoms with Gasteiger partial charge in [0.05, 0.1) is 5.56 Å². The normalized spacial score (nSPS) is 9.88. The monoisotopic (exact) mass is 223 g/mol. The van der Waals surface area contributed by atoms with E-state index in [4.69, 9.17) is 5.26 Å². The number of benzene rings is 1. The van der Waals surface area contributed by atoms with Crippen LogP contribution in [0.2, 0.25) is 0 Å². The van der Waals surface area contributed by atoms with Crippen LogP contribution < -0.4 is 5.32 Å². The molecule has 17 heavy (non-hydrogen) atoms. The van der Waals surface area contributed by atoms with Crippen LogP contribution in [-0.2, 0) is 6.54 Å². The molecule has 1 heterocycles. The maximum absolute atomic E-state index is 8.82. The molecule has 0 fully saturated rings. The van der Waals surface area contributed by atoms with E-state index in [9.17, 15) is 0 Å². The van der Waals surface area contributed by atoms with Gasteiger partial charge in [-0.25, -0.2) is 0 Å². The number of nitriles is 1. The molecule has 84 valence electrons. The third-order valence-electron chi connectivity index (χ3n) is 2.54. The van der Waals surface area contributed by atoms with E-state index in [-0.39, 0.29) is 0 Å². The van der Waals surface area contributed by atoms with E-state index in [1.165, 1.54) is 5.56 Å².